The maximum Gasteiger partial charge on any atom is 0.344 e. The Hall–Kier alpha value is -1.76. The fourth-order valence-electron chi connectivity index (χ4n) is 1.09. The standard InChI is InChI=1S/C9H6BrNO5/c1-16-9(13)6-3-7(10)5(4-12)2-8(6)11(14)15/h2-4H,1H3. The van der Waals surface area contributed by atoms with Crippen LogP contribution < -0.4 is 0 Å². The molecule has 6 nitrogen and oxygen atoms in total. The highest BCUT2D eigenvalue weighted by Gasteiger charge is 2.23. The zero-order valence-corrected chi connectivity index (χ0v) is 9.68. The summed E-state index contributed by atoms with van der Waals surface area (Å²) in [5.74, 6) is -0.829. The molecule has 0 atom stereocenters. The number of esters is 1. The average Bonchev–Trinajstić information content (AvgIpc) is 2.27. The first kappa shape index (κ1) is 12.3. The fourth-order valence-corrected chi connectivity index (χ4v) is 1.53. The van der Waals surface area contributed by atoms with Gasteiger partial charge in [0.15, 0.2) is 6.29 Å². The topological polar surface area (TPSA) is 86.5 Å². The summed E-state index contributed by atoms with van der Waals surface area (Å²) in [6.45, 7) is 0. The predicted molar refractivity (Wildman–Crippen MR) is 57.5 cm³/mol. The molecular weight excluding hydrogens is 282 g/mol. The van der Waals surface area contributed by atoms with Crippen molar-refractivity contribution in [3.63, 3.8) is 0 Å². The molecule has 0 aliphatic heterocycles. The summed E-state index contributed by atoms with van der Waals surface area (Å²) >= 11 is 3.03. The van der Waals surface area contributed by atoms with Crippen LogP contribution in [0.5, 0.6) is 0 Å². The molecule has 0 aliphatic carbocycles. The Morgan fingerprint density at radius 2 is 2.19 bits per heavy atom. The molecule has 16 heavy (non-hydrogen) atoms. The van der Waals surface area contributed by atoms with Crippen molar-refractivity contribution in [2.75, 3.05) is 7.11 Å². The summed E-state index contributed by atoms with van der Waals surface area (Å²) in [6.07, 6.45) is 0.456. The second-order valence-electron chi connectivity index (χ2n) is 2.76. The minimum atomic E-state index is -0.829. The molecule has 0 unspecified atom stereocenters. The van der Waals surface area contributed by atoms with E-state index in [9.17, 15) is 19.7 Å². The van der Waals surface area contributed by atoms with Crippen molar-refractivity contribution in [1.29, 1.82) is 0 Å². The quantitative estimate of drug-likeness (QED) is 0.367. The van der Waals surface area contributed by atoms with Gasteiger partial charge in [-0.3, -0.25) is 14.9 Å². The predicted octanol–water partition coefficient (Wildman–Crippen LogP) is 1.96. The third-order valence-electron chi connectivity index (χ3n) is 1.84. The molecule has 1 aromatic rings. The molecule has 0 spiro atoms. The second-order valence-corrected chi connectivity index (χ2v) is 3.61. The van der Waals surface area contributed by atoms with Crippen LogP contribution in [0.25, 0.3) is 0 Å². The van der Waals surface area contributed by atoms with Crippen LogP contribution in [0.2, 0.25) is 0 Å². The van der Waals surface area contributed by atoms with E-state index < -0.39 is 16.6 Å². The van der Waals surface area contributed by atoms with Crippen molar-refractivity contribution in [3.05, 3.63) is 37.8 Å². The SMILES string of the molecule is COC(=O)c1cc(Br)c(C=O)cc1[N+](=O)[O-]. The molecule has 1 aromatic carbocycles. The minimum Gasteiger partial charge on any atom is -0.465 e. The average molecular weight is 288 g/mol. The molecular formula is C9H6BrNO5. The van der Waals surface area contributed by atoms with E-state index in [1.165, 1.54) is 6.07 Å². The smallest absolute Gasteiger partial charge is 0.344 e. The van der Waals surface area contributed by atoms with E-state index in [2.05, 4.69) is 20.7 Å². The van der Waals surface area contributed by atoms with Crippen LogP contribution in [-0.2, 0) is 4.74 Å². The zero-order valence-electron chi connectivity index (χ0n) is 8.10. The van der Waals surface area contributed by atoms with Gasteiger partial charge in [0.05, 0.1) is 12.0 Å². The van der Waals surface area contributed by atoms with Crippen LogP contribution in [0.3, 0.4) is 0 Å². The maximum atomic E-state index is 11.3. The van der Waals surface area contributed by atoms with E-state index in [1.54, 1.807) is 0 Å². The molecule has 0 saturated carbocycles. The van der Waals surface area contributed by atoms with Crippen LogP contribution in [0.1, 0.15) is 20.7 Å². The largest absolute Gasteiger partial charge is 0.465 e. The van der Waals surface area contributed by atoms with Crippen LogP contribution in [0.15, 0.2) is 16.6 Å². The molecule has 0 bridgehead atoms. The lowest BCUT2D eigenvalue weighted by atomic mass is 10.1. The number of ether oxygens (including phenoxy) is 1. The number of rotatable bonds is 3. The summed E-state index contributed by atoms with van der Waals surface area (Å²) in [7, 11) is 1.12. The molecule has 0 heterocycles. The van der Waals surface area contributed by atoms with Crippen molar-refractivity contribution in [2.45, 2.75) is 0 Å². The van der Waals surface area contributed by atoms with Gasteiger partial charge in [-0.2, -0.15) is 0 Å². The number of hydrogen-bond acceptors (Lipinski definition) is 5. The number of carbonyl (C=O) groups excluding carboxylic acids is 2. The Bertz CT molecular complexity index is 471. The van der Waals surface area contributed by atoms with Crippen molar-refractivity contribution < 1.29 is 19.2 Å². The number of aldehydes is 1. The van der Waals surface area contributed by atoms with E-state index in [0.717, 1.165) is 13.2 Å². The first-order valence-electron chi connectivity index (χ1n) is 4.02. The molecule has 0 fully saturated rings. The van der Waals surface area contributed by atoms with Gasteiger partial charge in [-0.25, -0.2) is 4.79 Å². The Kier molecular flexibility index (Phi) is 3.73. The second kappa shape index (κ2) is 4.84. The third-order valence-corrected chi connectivity index (χ3v) is 2.53. The lowest BCUT2D eigenvalue weighted by Crippen LogP contribution is -2.06. The van der Waals surface area contributed by atoms with E-state index in [-0.39, 0.29) is 11.1 Å². The van der Waals surface area contributed by atoms with Crippen molar-refractivity contribution in [3.8, 4) is 0 Å². The van der Waals surface area contributed by atoms with Crippen molar-refractivity contribution in [1.82, 2.24) is 0 Å². The Morgan fingerprint density at radius 3 is 2.62 bits per heavy atom. The first-order chi connectivity index (χ1) is 7.51. The number of halogens is 1. The molecule has 0 N–H and O–H groups in total. The molecule has 84 valence electrons. The van der Waals surface area contributed by atoms with Gasteiger partial charge >= 0.3 is 5.97 Å². The molecule has 0 amide bonds. The molecule has 0 saturated heterocycles. The summed E-state index contributed by atoms with van der Waals surface area (Å²) in [4.78, 5) is 31.8. The van der Waals surface area contributed by atoms with Gasteiger partial charge in [-0.15, -0.1) is 0 Å². The number of nitro benzene ring substituents is 1. The molecule has 7 heteroatoms. The van der Waals surface area contributed by atoms with Gasteiger partial charge in [0.25, 0.3) is 5.69 Å². The van der Waals surface area contributed by atoms with Crippen LogP contribution >= 0.6 is 15.9 Å². The highest BCUT2D eigenvalue weighted by molar-refractivity contribution is 9.10. The number of methoxy groups -OCH3 is 1. The van der Waals surface area contributed by atoms with E-state index in [0.29, 0.717) is 10.8 Å². The summed E-state index contributed by atoms with van der Waals surface area (Å²) in [5.41, 5.74) is -0.568. The highest BCUT2D eigenvalue weighted by atomic mass is 79.9. The number of nitrogens with zero attached hydrogens (tertiary/aromatic N) is 1. The van der Waals surface area contributed by atoms with Gasteiger partial charge in [0, 0.05) is 16.1 Å². The summed E-state index contributed by atoms with van der Waals surface area (Å²) in [6, 6.07) is 2.21. The van der Waals surface area contributed by atoms with Gasteiger partial charge in [0.1, 0.15) is 5.56 Å². The van der Waals surface area contributed by atoms with Crippen LogP contribution in [-0.4, -0.2) is 24.3 Å². The first-order valence-corrected chi connectivity index (χ1v) is 4.82. The fraction of sp³-hybridized carbons (Fsp3) is 0.111. The maximum absolute atomic E-state index is 11.3. The van der Waals surface area contributed by atoms with Gasteiger partial charge < -0.3 is 4.74 Å². The van der Waals surface area contributed by atoms with Gasteiger partial charge in [0.2, 0.25) is 0 Å². The Labute approximate surface area is 98.5 Å². The lowest BCUT2D eigenvalue weighted by Gasteiger charge is -2.03. The highest BCUT2D eigenvalue weighted by Crippen LogP contribution is 2.26. The zero-order chi connectivity index (χ0) is 12.3. The van der Waals surface area contributed by atoms with E-state index >= 15 is 0 Å². The van der Waals surface area contributed by atoms with Crippen molar-refractivity contribution in [2.24, 2.45) is 0 Å². The number of nitro groups is 1. The van der Waals surface area contributed by atoms with Crippen LogP contribution in [0, 0.1) is 10.1 Å². The molecule has 0 aliphatic rings. The number of carbonyl (C=O) groups is 2. The molecule has 1 rings (SSSR count). The summed E-state index contributed by atoms with van der Waals surface area (Å²) < 4.78 is 4.70. The normalized spacial score (nSPS) is 9.62. The van der Waals surface area contributed by atoms with Crippen LogP contribution in [0.4, 0.5) is 5.69 Å². The van der Waals surface area contributed by atoms with E-state index in [1.807, 2.05) is 0 Å². The van der Waals surface area contributed by atoms with E-state index in [4.69, 9.17) is 0 Å². The number of hydrogen-bond donors (Lipinski definition) is 0. The van der Waals surface area contributed by atoms with Gasteiger partial charge in [-0.05, 0) is 6.07 Å². The molecule has 0 aromatic heterocycles. The number of benzene rings is 1. The Balaban J connectivity index is 3.47. The summed E-state index contributed by atoms with van der Waals surface area (Å²) in [5, 5.41) is 10.7. The monoisotopic (exact) mass is 287 g/mol. The lowest BCUT2D eigenvalue weighted by molar-refractivity contribution is -0.385. The van der Waals surface area contributed by atoms with Gasteiger partial charge in [-0.1, -0.05) is 15.9 Å². The third kappa shape index (κ3) is 2.25. The molecule has 0 radical (unpaired) electrons. The minimum absolute atomic E-state index is 0.0966. The Morgan fingerprint density at radius 1 is 1.56 bits per heavy atom. The van der Waals surface area contributed by atoms with Crippen molar-refractivity contribution >= 4 is 33.9 Å².